The third kappa shape index (κ3) is 5.53. The average molecular weight is 451 g/mol. The summed E-state index contributed by atoms with van der Waals surface area (Å²) in [4.78, 5) is 12.9. The molecule has 30 heavy (non-hydrogen) atoms. The number of hydrogen-bond donors (Lipinski definition) is 1. The quantitative estimate of drug-likeness (QED) is 0.663. The fraction of sp³-hybridized carbons (Fsp3) is 0.409. The Balaban J connectivity index is 1.67. The van der Waals surface area contributed by atoms with E-state index in [0.29, 0.717) is 36.0 Å². The second-order valence-corrected chi connectivity index (χ2v) is 9.62. The summed E-state index contributed by atoms with van der Waals surface area (Å²) in [7, 11) is -3.52. The number of nitrogens with zero attached hydrogens (tertiary/aromatic N) is 1. The van der Waals surface area contributed by atoms with Crippen molar-refractivity contribution >= 4 is 33.2 Å². The number of carbonyl (C=O) groups is 1. The van der Waals surface area contributed by atoms with E-state index in [9.17, 15) is 13.2 Å². The molecule has 0 radical (unpaired) electrons. The summed E-state index contributed by atoms with van der Waals surface area (Å²) in [6.07, 6.45) is 3.63. The molecule has 2 aromatic carbocycles. The predicted octanol–water partition coefficient (Wildman–Crippen LogP) is 4.70. The van der Waals surface area contributed by atoms with Gasteiger partial charge in [-0.1, -0.05) is 43.5 Å². The number of benzene rings is 2. The standard InChI is InChI=1S/C22H27ClN2O4S/c1-2-20(29-21-10-6-5-9-19(21)23)22(26)24-17-11-13-18(14-12-17)30(27,28)25-15-7-3-4-8-16-25/h5-6,9-14,20H,2-4,7-8,15-16H2,1H3,(H,24,26)/t20-/m1/s1. The summed E-state index contributed by atoms with van der Waals surface area (Å²) in [6, 6.07) is 13.3. The maximum Gasteiger partial charge on any atom is 0.265 e. The van der Waals surface area contributed by atoms with Gasteiger partial charge in [0.15, 0.2) is 6.10 Å². The van der Waals surface area contributed by atoms with Crippen LogP contribution in [0.25, 0.3) is 0 Å². The molecule has 0 aliphatic carbocycles. The van der Waals surface area contributed by atoms with Crippen molar-refractivity contribution in [2.24, 2.45) is 0 Å². The van der Waals surface area contributed by atoms with E-state index in [0.717, 1.165) is 25.7 Å². The van der Waals surface area contributed by atoms with E-state index in [-0.39, 0.29) is 10.8 Å². The number of ether oxygens (including phenoxy) is 1. The lowest BCUT2D eigenvalue weighted by atomic mass is 10.2. The Kier molecular flexibility index (Phi) is 7.75. The minimum Gasteiger partial charge on any atom is -0.479 e. The van der Waals surface area contributed by atoms with Crippen molar-refractivity contribution in [3.05, 3.63) is 53.6 Å². The Bertz CT molecular complexity index is 955. The molecule has 1 aliphatic rings. The van der Waals surface area contributed by atoms with Crippen molar-refractivity contribution in [2.45, 2.75) is 50.0 Å². The summed E-state index contributed by atoms with van der Waals surface area (Å²) in [5, 5.41) is 3.22. The molecule has 0 spiro atoms. The molecule has 0 aromatic heterocycles. The van der Waals surface area contributed by atoms with Gasteiger partial charge < -0.3 is 10.1 Å². The monoisotopic (exact) mass is 450 g/mol. The van der Waals surface area contributed by atoms with E-state index < -0.39 is 16.1 Å². The molecule has 1 aliphatic heterocycles. The highest BCUT2D eigenvalue weighted by atomic mass is 35.5. The maximum absolute atomic E-state index is 12.9. The first-order valence-electron chi connectivity index (χ1n) is 10.2. The lowest BCUT2D eigenvalue weighted by Crippen LogP contribution is -2.33. The van der Waals surface area contributed by atoms with Crippen LogP contribution in [0.2, 0.25) is 5.02 Å². The van der Waals surface area contributed by atoms with Crippen LogP contribution in [0.1, 0.15) is 39.0 Å². The average Bonchev–Trinajstić information content (AvgIpc) is 3.04. The highest BCUT2D eigenvalue weighted by molar-refractivity contribution is 7.89. The third-order valence-electron chi connectivity index (χ3n) is 5.09. The van der Waals surface area contributed by atoms with Crippen molar-refractivity contribution < 1.29 is 17.9 Å². The summed E-state index contributed by atoms with van der Waals surface area (Å²) in [5.74, 6) is 0.126. The fourth-order valence-electron chi connectivity index (χ4n) is 3.38. The van der Waals surface area contributed by atoms with Gasteiger partial charge in [0.25, 0.3) is 5.91 Å². The summed E-state index contributed by atoms with van der Waals surface area (Å²) >= 11 is 6.11. The van der Waals surface area contributed by atoms with Crippen LogP contribution < -0.4 is 10.1 Å². The molecule has 1 fully saturated rings. The van der Waals surface area contributed by atoms with Crippen LogP contribution in [0.3, 0.4) is 0 Å². The van der Waals surface area contributed by atoms with Gasteiger partial charge >= 0.3 is 0 Å². The van der Waals surface area contributed by atoms with Gasteiger partial charge in [0.05, 0.1) is 9.92 Å². The van der Waals surface area contributed by atoms with Crippen molar-refractivity contribution in [3.8, 4) is 5.75 Å². The van der Waals surface area contributed by atoms with Crippen molar-refractivity contribution in [3.63, 3.8) is 0 Å². The second-order valence-electron chi connectivity index (χ2n) is 7.28. The summed E-state index contributed by atoms with van der Waals surface area (Å²) < 4.78 is 33.0. The number of halogens is 1. The van der Waals surface area contributed by atoms with Crippen LogP contribution in [0.4, 0.5) is 5.69 Å². The van der Waals surface area contributed by atoms with Gasteiger partial charge in [-0.15, -0.1) is 0 Å². The van der Waals surface area contributed by atoms with Crippen LogP contribution in [-0.2, 0) is 14.8 Å². The normalized spacial score (nSPS) is 16.5. The van der Waals surface area contributed by atoms with E-state index in [4.69, 9.17) is 16.3 Å². The number of hydrogen-bond acceptors (Lipinski definition) is 4. The van der Waals surface area contributed by atoms with Gasteiger partial charge in [0.1, 0.15) is 5.75 Å². The van der Waals surface area contributed by atoms with E-state index in [1.807, 2.05) is 6.92 Å². The summed E-state index contributed by atoms with van der Waals surface area (Å²) in [5.41, 5.74) is 0.510. The molecule has 8 heteroatoms. The lowest BCUT2D eigenvalue weighted by Gasteiger charge is -2.20. The Morgan fingerprint density at radius 3 is 2.30 bits per heavy atom. The Morgan fingerprint density at radius 1 is 1.07 bits per heavy atom. The number of amides is 1. The molecule has 0 bridgehead atoms. The smallest absolute Gasteiger partial charge is 0.265 e. The molecule has 1 amide bonds. The molecule has 1 atom stereocenters. The van der Waals surface area contributed by atoms with Crippen LogP contribution in [-0.4, -0.2) is 37.8 Å². The first-order valence-corrected chi connectivity index (χ1v) is 12.1. The van der Waals surface area contributed by atoms with Crippen LogP contribution in [0.15, 0.2) is 53.4 Å². The number of sulfonamides is 1. The fourth-order valence-corrected chi connectivity index (χ4v) is 5.08. The van der Waals surface area contributed by atoms with Crippen LogP contribution in [0, 0.1) is 0 Å². The minimum atomic E-state index is -3.52. The maximum atomic E-state index is 12.9. The first kappa shape index (κ1) is 22.6. The minimum absolute atomic E-state index is 0.238. The van der Waals surface area contributed by atoms with Crippen molar-refractivity contribution in [2.75, 3.05) is 18.4 Å². The largest absolute Gasteiger partial charge is 0.479 e. The molecule has 162 valence electrons. The molecular formula is C22H27ClN2O4S. The van der Waals surface area contributed by atoms with Gasteiger partial charge in [-0.05, 0) is 55.7 Å². The molecule has 6 nitrogen and oxygen atoms in total. The Hall–Kier alpha value is -2.09. The highest BCUT2D eigenvalue weighted by Gasteiger charge is 2.25. The molecule has 1 N–H and O–H groups in total. The molecule has 2 aromatic rings. The molecule has 1 heterocycles. The van der Waals surface area contributed by atoms with Crippen LogP contribution in [0.5, 0.6) is 5.75 Å². The van der Waals surface area contributed by atoms with E-state index in [1.54, 1.807) is 40.7 Å². The number of carbonyl (C=O) groups excluding carboxylic acids is 1. The highest BCUT2D eigenvalue weighted by Crippen LogP contribution is 2.26. The first-order chi connectivity index (χ1) is 14.4. The zero-order valence-corrected chi connectivity index (χ0v) is 18.6. The van der Waals surface area contributed by atoms with Gasteiger partial charge in [-0.2, -0.15) is 4.31 Å². The molecule has 0 saturated carbocycles. The zero-order chi connectivity index (χ0) is 21.6. The zero-order valence-electron chi connectivity index (χ0n) is 17.0. The number of rotatable bonds is 7. The van der Waals surface area contributed by atoms with Gasteiger partial charge in [0.2, 0.25) is 10.0 Å². The topological polar surface area (TPSA) is 75.7 Å². The van der Waals surface area contributed by atoms with Gasteiger partial charge in [0, 0.05) is 18.8 Å². The molecule has 3 rings (SSSR count). The molecule has 1 saturated heterocycles. The predicted molar refractivity (Wildman–Crippen MR) is 118 cm³/mol. The Morgan fingerprint density at radius 2 is 1.70 bits per heavy atom. The van der Waals surface area contributed by atoms with Crippen molar-refractivity contribution in [1.29, 1.82) is 0 Å². The molecular weight excluding hydrogens is 424 g/mol. The number of nitrogens with one attached hydrogen (secondary N) is 1. The van der Waals surface area contributed by atoms with E-state index in [1.165, 1.54) is 12.1 Å². The van der Waals surface area contributed by atoms with E-state index >= 15 is 0 Å². The Labute approximate surface area is 183 Å². The van der Waals surface area contributed by atoms with Crippen LogP contribution >= 0.6 is 11.6 Å². The van der Waals surface area contributed by atoms with Gasteiger partial charge in [-0.25, -0.2) is 8.42 Å². The summed E-state index contributed by atoms with van der Waals surface area (Å²) in [6.45, 7) is 2.95. The third-order valence-corrected chi connectivity index (χ3v) is 7.32. The second kappa shape index (κ2) is 10.3. The number of para-hydroxylation sites is 1. The number of anilines is 1. The van der Waals surface area contributed by atoms with Gasteiger partial charge in [-0.3, -0.25) is 4.79 Å². The van der Waals surface area contributed by atoms with Crippen molar-refractivity contribution in [1.82, 2.24) is 4.31 Å². The lowest BCUT2D eigenvalue weighted by molar-refractivity contribution is -0.122. The molecule has 0 unspecified atom stereocenters. The van der Waals surface area contributed by atoms with E-state index in [2.05, 4.69) is 5.32 Å². The SMILES string of the molecule is CC[C@@H](Oc1ccccc1Cl)C(=O)Nc1ccc(S(=O)(=O)N2CCCCCC2)cc1.